The van der Waals surface area contributed by atoms with Crippen molar-refractivity contribution in [1.82, 2.24) is 9.97 Å². The van der Waals surface area contributed by atoms with E-state index in [9.17, 15) is 14.3 Å². The van der Waals surface area contributed by atoms with E-state index in [1.165, 1.54) is 24.6 Å². The summed E-state index contributed by atoms with van der Waals surface area (Å²) in [4.78, 5) is 20.6. The van der Waals surface area contributed by atoms with Gasteiger partial charge < -0.3 is 9.84 Å². The molecule has 5 nitrogen and oxygen atoms in total. The fraction of sp³-hybridized carbons (Fsp3) is 0.211. The Hall–Kier alpha value is -2.80. The Morgan fingerprint density at radius 2 is 2.15 bits per heavy atom. The van der Waals surface area contributed by atoms with Crippen molar-refractivity contribution in [2.24, 2.45) is 0 Å². The molecule has 0 bridgehead atoms. The van der Waals surface area contributed by atoms with Crippen LogP contribution in [0.25, 0.3) is 11.1 Å². The number of rotatable bonds is 6. The van der Waals surface area contributed by atoms with Crippen LogP contribution in [0.5, 0.6) is 5.75 Å². The SMILES string of the molecule is COc1ccc(-c2ccncc2F)cc1C(CC(=O)O)c1ncc(C)s1. The summed E-state index contributed by atoms with van der Waals surface area (Å²) >= 11 is 1.44. The van der Waals surface area contributed by atoms with Gasteiger partial charge in [0.1, 0.15) is 16.6 Å². The Morgan fingerprint density at radius 3 is 2.77 bits per heavy atom. The molecule has 2 aromatic heterocycles. The zero-order valence-electron chi connectivity index (χ0n) is 14.3. The van der Waals surface area contributed by atoms with Crippen LogP contribution in [0.15, 0.2) is 42.9 Å². The number of carbonyl (C=O) groups is 1. The molecule has 1 atom stereocenters. The minimum absolute atomic E-state index is 0.133. The van der Waals surface area contributed by atoms with Gasteiger partial charge in [0.05, 0.1) is 25.6 Å². The monoisotopic (exact) mass is 372 g/mol. The Balaban J connectivity index is 2.14. The van der Waals surface area contributed by atoms with Gasteiger partial charge in [0.25, 0.3) is 0 Å². The highest BCUT2D eigenvalue weighted by molar-refractivity contribution is 7.11. The van der Waals surface area contributed by atoms with Crippen LogP contribution in [0.2, 0.25) is 0 Å². The molecule has 3 rings (SSSR count). The minimum atomic E-state index is -0.939. The number of pyridine rings is 1. The second-order valence-corrected chi connectivity index (χ2v) is 7.04. The van der Waals surface area contributed by atoms with Gasteiger partial charge in [0.15, 0.2) is 0 Å². The molecule has 0 saturated heterocycles. The van der Waals surface area contributed by atoms with Crippen LogP contribution in [0, 0.1) is 12.7 Å². The van der Waals surface area contributed by atoms with Gasteiger partial charge in [-0.25, -0.2) is 9.37 Å². The summed E-state index contributed by atoms with van der Waals surface area (Å²) in [6.45, 7) is 1.92. The normalized spacial score (nSPS) is 12.0. The maximum absolute atomic E-state index is 14.1. The number of halogens is 1. The van der Waals surface area contributed by atoms with E-state index in [0.29, 0.717) is 27.4 Å². The topological polar surface area (TPSA) is 72.3 Å². The predicted octanol–water partition coefficient (Wildman–Crippen LogP) is 4.27. The number of aliphatic carboxylic acids is 1. The first-order valence-electron chi connectivity index (χ1n) is 7.91. The Kier molecular flexibility index (Phi) is 5.27. The number of aromatic nitrogens is 2. The molecule has 1 aromatic carbocycles. The maximum Gasteiger partial charge on any atom is 0.304 e. The van der Waals surface area contributed by atoms with Gasteiger partial charge in [-0.15, -0.1) is 11.3 Å². The van der Waals surface area contributed by atoms with Crippen molar-refractivity contribution in [3.8, 4) is 16.9 Å². The molecule has 0 aliphatic heterocycles. The molecule has 1 unspecified atom stereocenters. The molecule has 3 aromatic rings. The van der Waals surface area contributed by atoms with Crippen LogP contribution < -0.4 is 4.74 Å². The molecule has 26 heavy (non-hydrogen) atoms. The molecule has 1 N–H and O–H groups in total. The Morgan fingerprint density at radius 1 is 1.35 bits per heavy atom. The molecular formula is C19H17FN2O3S. The van der Waals surface area contributed by atoms with Crippen LogP contribution in [-0.2, 0) is 4.79 Å². The number of ether oxygens (including phenoxy) is 1. The first kappa shape index (κ1) is 18.0. The zero-order chi connectivity index (χ0) is 18.7. The lowest BCUT2D eigenvalue weighted by atomic mass is 9.92. The molecule has 0 aliphatic rings. The van der Waals surface area contributed by atoms with Gasteiger partial charge in [0, 0.05) is 28.4 Å². The van der Waals surface area contributed by atoms with Crippen molar-refractivity contribution in [2.75, 3.05) is 7.11 Å². The van der Waals surface area contributed by atoms with Crippen molar-refractivity contribution >= 4 is 17.3 Å². The molecule has 0 aliphatic carbocycles. The lowest BCUT2D eigenvalue weighted by molar-refractivity contribution is -0.137. The van der Waals surface area contributed by atoms with E-state index in [-0.39, 0.29) is 6.42 Å². The van der Waals surface area contributed by atoms with E-state index in [2.05, 4.69) is 9.97 Å². The number of methoxy groups -OCH3 is 1. The lowest BCUT2D eigenvalue weighted by Gasteiger charge is -2.18. The molecule has 0 spiro atoms. The smallest absolute Gasteiger partial charge is 0.304 e. The first-order chi connectivity index (χ1) is 12.5. The third-order valence-electron chi connectivity index (χ3n) is 4.00. The van der Waals surface area contributed by atoms with E-state index in [1.807, 2.05) is 6.92 Å². The van der Waals surface area contributed by atoms with E-state index in [4.69, 9.17) is 4.74 Å². The minimum Gasteiger partial charge on any atom is -0.496 e. The Bertz CT molecular complexity index is 942. The van der Waals surface area contributed by atoms with Gasteiger partial charge >= 0.3 is 5.97 Å². The second kappa shape index (κ2) is 7.61. The van der Waals surface area contributed by atoms with Gasteiger partial charge in [-0.05, 0) is 30.7 Å². The molecule has 0 radical (unpaired) electrons. The largest absolute Gasteiger partial charge is 0.496 e. The van der Waals surface area contributed by atoms with Gasteiger partial charge in [-0.3, -0.25) is 9.78 Å². The summed E-state index contributed by atoms with van der Waals surface area (Å²) in [5, 5.41) is 10.1. The first-order valence-corrected chi connectivity index (χ1v) is 8.73. The maximum atomic E-state index is 14.1. The number of thiazole rings is 1. The predicted molar refractivity (Wildman–Crippen MR) is 97.1 cm³/mol. The fourth-order valence-corrected chi connectivity index (χ4v) is 3.71. The quantitative estimate of drug-likeness (QED) is 0.700. The van der Waals surface area contributed by atoms with Crippen molar-refractivity contribution < 1.29 is 19.0 Å². The van der Waals surface area contributed by atoms with Crippen molar-refractivity contribution in [3.63, 3.8) is 0 Å². The number of carboxylic acids is 1. The standard InChI is InChI=1S/C19H17FN2O3S/c1-11-9-22-19(26-11)15(8-18(23)24)14-7-12(3-4-17(14)25-2)13-5-6-21-10-16(13)20/h3-7,9-10,15H,8H2,1-2H3,(H,23,24). The van der Waals surface area contributed by atoms with Gasteiger partial charge in [0.2, 0.25) is 0 Å². The summed E-state index contributed by atoms with van der Waals surface area (Å²) in [5.41, 5.74) is 1.69. The van der Waals surface area contributed by atoms with E-state index in [1.54, 1.807) is 30.5 Å². The lowest BCUT2D eigenvalue weighted by Crippen LogP contribution is -2.09. The fourth-order valence-electron chi connectivity index (χ4n) is 2.82. The number of aryl methyl sites for hydroxylation is 1. The van der Waals surface area contributed by atoms with Crippen LogP contribution in [0.3, 0.4) is 0 Å². The molecule has 0 fully saturated rings. The van der Waals surface area contributed by atoms with Crippen LogP contribution >= 0.6 is 11.3 Å². The van der Waals surface area contributed by atoms with Crippen LogP contribution in [-0.4, -0.2) is 28.2 Å². The molecule has 0 saturated carbocycles. The zero-order valence-corrected chi connectivity index (χ0v) is 15.1. The van der Waals surface area contributed by atoms with Gasteiger partial charge in [-0.1, -0.05) is 6.07 Å². The Labute approximate surface area is 154 Å². The highest BCUT2D eigenvalue weighted by atomic mass is 32.1. The van der Waals surface area contributed by atoms with Gasteiger partial charge in [-0.2, -0.15) is 0 Å². The number of nitrogens with zero attached hydrogens (tertiary/aromatic N) is 2. The summed E-state index contributed by atoms with van der Waals surface area (Å²) < 4.78 is 19.6. The second-order valence-electron chi connectivity index (χ2n) is 5.77. The van der Waals surface area contributed by atoms with Crippen molar-refractivity contribution in [2.45, 2.75) is 19.3 Å². The highest BCUT2D eigenvalue weighted by Crippen LogP contribution is 2.39. The number of carboxylic acid groups (broad SMARTS) is 1. The average molecular weight is 372 g/mol. The molecule has 0 amide bonds. The number of hydrogen-bond donors (Lipinski definition) is 1. The average Bonchev–Trinajstić information content (AvgIpc) is 3.05. The molecule has 2 heterocycles. The van der Waals surface area contributed by atoms with Crippen LogP contribution in [0.4, 0.5) is 4.39 Å². The van der Waals surface area contributed by atoms with E-state index >= 15 is 0 Å². The number of benzene rings is 1. The van der Waals surface area contributed by atoms with E-state index < -0.39 is 17.7 Å². The molecule has 7 heteroatoms. The highest BCUT2D eigenvalue weighted by Gasteiger charge is 2.25. The molecule has 134 valence electrons. The van der Waals surface area contributed by atoms with Crippen molar-refractivity contribution in [1.29, 1.82) is 0 Å². The van der Waals surface area contributed by atoms with Crippen molar-refractivity contribution in [3.05, 3.63) is 64.1 Å². The summed E-state index contributed by atoms with van der Waals surface area (Å²) in [5.74, 6) is -1.32. The molecular weight excluding hydrogens is 355 g/mol. The third-order valence-corrected chi connectivity index (χ3v) is 5.03. The number of hydrogen-bond acceptors (Lipinski definition) is 5. The summed E-state index contributed by atoms with van der Waals surface area (Å²) in [6.07, 6.45) is 4.25. The summed E-state index contributed by atoms with van der Waals surface area (Å²) in [6, 6.07) is 6.81. The van der Waals surface area contributed by atoms with E-state index in [0.717, 1.165) is 11.1 Å². The van der Waals surface area contributed by atoms with Crippen LogP contribution in [0.1, 0.15) is 27.8 Å². The summed E-state index contributed by atoms with van der Waals surface area (Å²) in [7, 11) is 1.52. The third kappa shape index (κ3) is 3.72.